The third-order valence-corrected chi connectivity index (χ3v) is 1.18. The zero-order chi connectivity index (χ0) is 10.7. The van der Waals surface area contributed by atoms with E-state index in [-0.39, 0.29) is 0 Å². The Kier molecular flexibility index (Phi) is 12.0. The van der Waals surface area contributed by atoms with Crippen molar-refractivity contribution in [2.75, 3.05) is 7.05 Å². The molecule has 0 aliphatic rings. The number of nitrogens with two attached hydrogens (primary N) is 1. The van der Waals surface area contributed by atoms with Gasteiger partial charge in [0, 0.05) is 5.56 Å². The molecule has 0 aromatic heterocycles. The van der Waals surface area contributed by atoms with Crippen molar-refractivity contribution in [3.8, 4) is 0 Å². The summed E-state index contributed by atoms with van der Waals surface area (Å²) in [7, 11) is 1.50. The van der Waals surface area contributed by atoms with Crippen LogP contribution in [0.3, 0.4) is 0 Å². The maximum atomic E-state index is 10.2. The first-order chi connectivity index (χ1) is 6.33. The molecule has 0 saturated carbocycles. The highest BCUT2D eigenvalue weighted by Crippen LogP contribution is 1.99. The maximum Gasteiger partial charge on any atom is 0.150 e. The predicted octanol–water partition coefficient (Wildman–Crippen LogP) is 2.41. The molecule has 0 spiro atoms. The van der Waals surface area contributed by atoms with Gasteiger partial charge in [0.1, 0.15) is 6.29 Å². The van der Waals surface area contributed by atoms with Gasteiger partial charge in [0.2, 0.25) is 0 Å². The molecule has 0 saturated heterocycles. The quantitative estimate of drug-likeness (QED) is 0.676. The molecule has 1 rings (SSSR count). The topological polar surface area (TPSA) is 43.1 Å². The summed E-state index contributed by atoms with van der Waals surface area (Å²) in [6, 6.07) is 7.49. The van der Waals surface area contributed by atoms with Crippen molar-refractivity contribution >= 4 is 6.29 Å². The molecule has 2 nitrogen and oxygen atoms in total. The number of hydrogen-bond donors (Lipinski definition) is 1. The molecule has 74 valence electrons. The SMILES string of the molecule is CC.CN.Cc1cccc(C=O)c1. The average molecular weight is 181 g/mol. The standard InChI is InChI=1S/C8H8O.C2H6.CH5N/c1-7-3-2-4-8(5-7)6-9;2*1-2/h2-6H,1H3;1-2H3;2H2,1H3. The molecule has 0 heterocycles. The smallest absolute Gasteiger partial charge is 0.150 e. The van der Waals surface area contributed by atoms with Gasteiger partial charge in [0.25, 0.3) is 0 Å². The zero-order valence-electron chi connectivity index (χ0n) is 8.87. The lowest BCUT2D eigenvalue weighted by molar-refractivity contribution is 0.112. The van der Waals surface area contributed by atoms with Crippen molar-refractivity contribution in [3.05, 3.63) is 35.4 Å². The first-order valence-electron chi connectivity index (χ1n) is 4.42. The van der Waals surface area contributed by atoms with Gasteiger partial charge in [-0.1, -0.05) is 37.6 Å². The summed E-state index contributed by atoms with van der Waals surface area (Å²) < 4.78 is 0. The first-order valence-corrected chi connectivity index (χ1v) is 4.42. The second kappa shape index (κ2) is 10.8. The number of aldehydes is 1. The number of hydrogen-bond acceptors (Lipinski definition) is 2. The molecular formula is C11H19NO. The van der Waals surface area contributed by atoms with Crippen molar-refractivity contribution in [2.24, 2.45) is 5.73 Å². The Morgan fingerprint density at radius 2 is 1.77 bits per heavy atom. The molecule has 0 fully saturated rings. The fraction of sp³-hybridized carbons (Fsp3) is 0.364. The van der Waals surface area contributed by atoms with Gasteiger partial charge in [-0.25, -0.2) is 0 Å². The summed E-state index contributed by atoms with van der Waals surface area (Å²) in [6.45, 7) is 5.97. The molecule has 0 unspecified atom stereocenters. The van der Waals surface area contributed by atoms with Gasteiger partial charge in [0.05, 0.1) is 0 Å². The largest absolute Gasteiger partial charge is 0.333 e. The van der Waals surface area contributed by atoms with Crippen LogP contribution in [0.1, 0.15) is 29.8 Å². The van der Waals surface area contributed by atoms with Gasteiger partial charge in [-0.05, 0) is 20.0 Å². The van der Waals surface area contributed by atoms with Crippen molar-refractivity contribution < 1.29 is 4.79 Å². The number of carbonyl (C=O) groups excluding carboxylic acids is 1. The molecule has 0 bridgehead atoms. The number of aryl methyl sites for hydroxylation is 1. The first kappa shape index (κ1) is 14.4. The van der Waals surface area contributed by atoms with Gasteiger partial charge < -0.3 is 5.73 Å². The minimum atomic E-state index is 0.745. The van der Waals surface area contributed by atoms with Crippen LogP contribution in [0.4, 0.5) is 0 Å². The highest BCUT2D eigenvalue weighted by Gasteiger charge is 1.86. The number of benzene rings is 1. The Balaban J connectivity index is 0. The minimum absolute atomic E-state index is 0.745. The summed E-state index contributed by atoms with van der Waals surface area (Å²) in [4.78, 5) is 10.2. The van der Waals surface area contributed by atoms with Gasteiger partial charge in [-0.3, -0.25) is 4.79 Å². The van der Waals surface area contributed by atoms with Crippen LogP contribution in [-0.4, -0.2) is 13.3 Å². The van der Waals surface area contributed by atoms with E-state index in [0.717, 1.165) is 17.4 Å². The van der Waals surface area contributed by atoms with Crippen LogP contribution in [0.2, 0.25) is 0 Å². The summed E-state index contributed by atoms with van der Waals surface area (Å²) >= 11 is 0. The third kappa shape index (κ3) is 7.22. The van der Waals surface area contributed by atoms with Gasteiger partial charge in [-0.15, -0.1) is 0 Å². The molecule has 0 aliphatic heterocycles. The monoisotopic (exact) mass is 181 g/mol. The molecule has 2 heteroatoms. The van der Waals surface area contributed by atoms with Crippen molar-refractivity contribution in [3.63, 3.8) is 0 Å². The van der Waals surface area contributed by atoms with Crippen molar-refractivity contribution in [1.29, 1.82) is 0 Å². The maximum absolute atomic E-state index is 10.2. The van der Waals surface area contributed by atoms with E-state index in [2.05, 4.69) is 5.73 Å². The van der Waals surface area contributed by atoms with E-state index in [4.69, 9.17) is 0 Å². The van der Waals surface area contributed by atoms with E-state index in [9.17, 15) is 4.79 Å². The van der Waals surface area contributed by atoms with E-state index >= 15 is 0 Å². The zero-order valence-corrected chi connectivity index (χ0v) is 8.87. The van der Waals surface area contributed by atoms with Crippen LogP contribution in [0.15, 0.2) is 24.3 Å². The molecule has 1 aromatic rings. The third-order valence-electron chi connectivity index (χ3n) is 1.18. The fourth-order valence-electron chi connectivity index (χ4n) is 0.743. The van der Waals surface area contributed by atoms with E-state index in [1.54, 1.807) is 6.07 Å². The van der Waals surface area contributed by atoms with Gasteiger partial charge in [-0.2, -0.15) is 0 Å². The van der Waals surface area contributed by atoms with E-state index in [1.807, 2.05) is 39.0 Å². The molecule has 0 radical (unpaired) electrons. The van der Waals surface area contributed by atoms with Crippen LogP contribution in [0.5, 0.6) is 0 Å². The lowest BCUT2D eigenvalue weighted by Crippen LogP contribution is -1.78. The normalized spacial score (nSPS) is 7.15. The predicted molar refractivity (Wildman–Crippen MR) is 58.0 cm³/mol. The molecular weight excluding hydrogens is 162 g/mol. The second-order valence-electron chi connectivity index (χ2n) is 2.03. The molecule has 2 N–H and O–H groups in total. The van der Waals surface area contributed by atoms with Crippen LogP contribution in [-0.2, 0) is 0 Å². The average Bonchev–Trinajstić information content (AvgIpc) is 2.24. The second-order valence-corrected chi connectivity index (χ2v) is 2.03. The Labute approximate surface area is 80.8 Å². The molecule has 0 atom stereocenters. The summed E-state index contributed by atoms with van der Waals surface area (Å²) in [6.07, 6.45) is 0.854. The van der Waals surface area contributed by atoms with Crippen LogP contribution in [0.25, 0.3) is 0 Å². The summed E-state index contributed by atoms with van der Waals surface area (Å²) in [5.74, 6) is 0. The number of carbonyl (C=O) groups is 1. The van der Waals surface area contributed by atoms with Crippen molar-refractivity contribution in [2.45, 2.75) is 20.8 Å². The lowest BCUT2D eigenvalue weighted by Gasteiger charge is -1.89. The van der Waals surface area contributed by atoms with E-state index in [0.29, 0.717) is 0 Å². The van der Waals surface area contributed by atoms with Crippen molar-refractivity contribution in [1.82, 2.24) is 0 Å². The Hall–Kier alpha value is -1.15. The Morgan fingerprint density at radius 1 is 1.23 bits per heavy atom. The molecule has 0 aliphatic carbocycles. The van der Waals surface area contributed by atoms with Crippen LogP contribution < -0.4 is 5.73 Å². The van der Waals surface area contributed by atoms with Gasteiger partial charge >= 0.3 is 0 Å². The van der Waals surface area contributed by atoms with E-state index < -0.39 is 0 Å². The van der Waals surface area contributed by atoms with Gasteiger partial charge in [0.15, 0.2) is 0 Å². The molecule has 1 aromatic carbocycles. The Morgan fingerprint density at radius 3 is 2.08 bits per heavy atom. The summed E-state index contributed by atoms with van der Waals surface area (Å²) in [5, 5.41) is 0. The molecule has 13 heavy (non-hydrogen) atoms. The highest BCUT2D eigenvalue weighted by molar-refractivity contribution is 5.74. The summed E-state index contributed by atoms with van der Waals surface area (Å²) in [5.41, 5.74) is 6.37. The minimum Gasteiger partial charge on any atom is -0.333 e. The van der Waals surface area contributed by atoms with E-state index in [1.165, 1.54) is 7.05 Å². The lowest BCUT2D eigenvalue weighted by atomic mass is 10.2. The highest BCUT2D eigenvalue weighted by atomic mass is 16.1. The molecule has 0 amide bonds. The van der Waals surface area contributed by atoms with Crippen LogP contribution in [0, 0.1) is 6.92 Å². The Bertz CT molecular complexity index is 221. The van der Waals surface area contributed by atoms with Crippen LogP contribution >= 0.6 is 0 Å². The number of rotatable bonds is 1. The fourth-order valence-corrected chi connectivity index (χ4v) is 0.743.